The highest BCUT2D eigenvalue weighted by Gasteiger charge is 2.19. The number of para-hydroxylation sites is 3. The van der Waals surface area contributed by atoms with Crippen molar-refractivity contribution in [2.45, 2.75) is 25.7 Å². The Morgan fingerprint density at radius 1 is 0.878 bits per heavy atom. The monoisotopic (exact) mass is 558 g/mol. The number of unbranched alkanes of at least 4 members (excludes halogenated alkanes) is 2. The maximum atomic E-state index is 13.2. The summed E-state index contributed by atoms with van der Waals surface area (Å²) in [5, 5.41) is 12.6. The molecule has 0 radical (unpaired) electrons. The number of likely N-dealkylation sites (N-methyl/N-ethyl adjacent to an activating group) is 1. The second-order valence-electron chi connectivity index (χ2n) is 10.2. The first kappa shape index (κ1) is 29.6. The zero-order valence-electron chi connectivity index (χ0n) is 23.7. The van der Waals surface area contributed by atoms with Crippen LogP contribution in [-0.4, -0.2) is 79.5 Å². The molecule has 1 fully saturated rings. The van der Waals surface area contributed by atoms with E-state index in [2.05, 4.69) is 17.3 Å². The van der Waals surface area contributed by atoms with Crippen LogP contribution in [0.2, 0.25) is 0 Å². The van der Waals surface area contributed by atoms with Crippen LogP contribution < -0.4 is 15.0 Å². The zero-order chi connectivity index (χ0) is 29.2. The van der Waals surface area contributed by atoms with Crippen LogP contribution in [-0.2, 0) is 4.79 Å². The number of phenolic OH excluding ortho intramolecular Hbond substituents is 1. The van der Waals surface area contributed by atoms with Gasteiger partial charge in [-0.15, -0.1) is 0 Å². The van der Waals surface area contributed by atoms with Gasteiger partial charge in [-0.25, -0.2) is 0 Å². The summed E-state index contributed by atoms with van der Waals surface area (Å²) < 4.78 is 6.03. The Bertz CT molecular complexity index is 1340. The van der Waals surface area contributed by atoms with Gasteiger partial charge >= 0.3 is 0 Å². The minimum absolute atomic E-state index is 0.101. The lowest BCUT2D eigenvalue weighted by atomic mass is 10.1. The number of nitrogens with zero attached hydrogens (tertiary/aromatic N) is 3. The molecule has 9 heteroatoms. The van der Waals surface area contributed by atoms with E-state index < -0.39 is 5.91 Å². The molecule has 9 nitrogen and oxygen atoms in total. The van der Waals surface area contributed by atoms with Gasteiger partial charge in [-0.1, -0.05) is 24.3 Å². The van der Waals surface area contributed by atoms with Gasteiger partial charge in [0.05, 0.1) is 17.9 Å². The fourth-order valence-electron chi connectivity index (χ4n) is 4.67. The molecule has 1 aliphatic rings. The Morgan fingerprint density at radius 2 is 1.56 bits per heavy atom. The van der Waals surface area contributed by atoms with E-state index in [0.717, 1.165) is 45.4 Å². The highest BCUT2D eigenvalue weighted by atomic mass is 16.5. The number of benzene rings is 3. The van der Waals surface area contributed by atoms with Gasteiger partial charge in [0.2, 0.25) is 5.91 Å². The molecule has 0 aromatic heterocycles. The average molecular weight is 559 g/mol. The third-order valence-electron chi connectivity index (χ3n) is 7.22. The largest absolute Gasteiger partial charge is 0.507 e. The summed E-state index contributed by atoms with van der Waals surface area (Å²) in [6, 6.07) is 20.3. The molecule has 3 amide bonds. The fraction of sp³-hybridized carbons (Fsp3) is 0.344. The topological polar surface area (TPSA) is 102 Å². The molecule has 0 bridgehead atoms. The number of phenols is 1. The minimum Gasteiger partial charge on any atom is -0.507 e. The molecule has 0 unspecified atom stereocenters. The predicted molar refractivity (Wildman–Crippen MR) is 160 cm³/mol. The second-order valence-corrected chi connectivity index (χ2v) is 10.2. The summed E-state index contributed by atoms with van der Waals surface area (Å²) in [5.74, 6) is 0.0866. The van der Waals surface area contributed by atoms with Crippen LogP contribution in [0, 0.1) is 0 Å². The number of piperazine rings is 1. The first-order valence-corrected chi connectivity index (χ1v) is 14.0. The first-order valence-electron chi connectivity index (χ1n) is 14.0. The summed E-state index contributed by atoms with van der Waals surface area (Å²) in [6.07, 6.45) is 3.10. The molecule has 1 saturated heterocycles. The lowest BCUT2D eigenvalue weighted by Gasteiger charge is -2.32. The van der Waals surface area contributed by atoms with E-state index in [1.54, 1.807) is 48.3 Å². The normalized spacial score (nSPS) is 13.5. The number of hydrogen-bond acceptors (Lipinski definition) is 6. The van der Waals surface area contributed by atoms with Gasteiger partial charge in [0.15, 0.2) is 0 Å². The van der Waals surface area contributed by atoms with Crippen molar-refractivity contribution in [2.75, 3.05) is 57.1 Å². The van der Waals surface area contributed by atoms with Crippen LogP contribution in [0.1, 0.15) is 46.4 Å². The molecule has 0 atom stereocenters. The SMILES string of the molecule is CN1CCN(C(=O)CCCCCOc2ccccc2N(C)C(=O)c2ccc(NC(=O)c3ccccc3O)cc2)CC1. The van der Waals surface area contributed by atoms with Crippen molar-refractivity contribution in [1.82, 2.24) is 9.80 Å². The van der Waals surface area contributed by atoms with Crippen LogP contribution in [0.5, 0.6) is 11.5 Å². The van der Waals surface area contributed by atoms with Crippen molar-refractivity contribution in [3.63, 3.8) is 0 Å². The van der Waals surface area contributed by atoms with E-state index in [-0.39, 0.29) is 23.1 Å². The average Bonchev–Trinajstić information content (AvgIpc) is 2.99. The summed E-state index contributed by atoms with van der Waals surface area (Å²) >= 11 is 0. The van der Waals surface area contributed by atoms with Crippen molar-refractivity contribution >= 4 is 29.1 Å². The molecule has 3 aromatic rings. The van der Waals surface area contributed by atoms with E-state index in [0.29, 0.717) is 35.7 Å². The van der Waals surface area contributed by atoms with E-state index >= 15 is 0 Å². The van der Waals surface area contributed by atoms with Gasteiger partial charge < -0.3 is 29.9 Å². The van der Waals surface area contributed by atoms with Crippen molar-refractivity contribution in [3.8, 4) is 11.5 Å². The Labute approximate surface area is 241 Å². The van der Waals surface area contributed by atoms with Gasteiger partial charge in [-0.05, 0) is 74.8 Å². The smallest absolute Gasteiger partial charge is 0.259 e. The van der Waals surface area contributed by atoms with E-state index in [4.69, 9.17) is 4.74 Å². The molecule has 3 aromatic carbocycles. The number of rotatable bonds is 11. The lowest BCUT2D eigenvalue weighted by Crippen LogP contribution is -2.47. The van der Waals surface area contributed by atoms with E-state index in [1.165, 1.54) is 12.1 Å². The summed E-state index contributed by atoms with van der Waals surface area (Å²) in [7, 11) is 3.78. The molecule has 0 aliphatic carbocycles. The van der Waals surface area contributed by atoms with Gasteiger partial charge in [-0.3, -0.25) is 14.4 Å². The van der Waals surface area contributed by atoms with E-state index in [1.807, 2.05) is 29.2 Å². The standard InChI is InChI=1S/C32H38N4O5/c1-34-19-21-36(22-20-34)30(38)14-4-3-9-23-41-29-13-8-6-11-27(29)35(2)32(40)24-15-17-25(18-16-24)33-31(39)26-10-5-7-12-28(26)37/h5-8,10-13,15-18,37H,3-4,9,14,19-23H2,1-2H3,(H,33,39). The van der Waals surface area contributed by atoms with Gasteiger partial charge in [-0.2, -0.15) is 0 Å². The third-order valence-corrected chi connectivity index (χ3v) is 7.22. The number of aromatic hydroxyl groups is 1. The third kappa shape index (κ3) is 8.08. The van der Waals surface area contributed by atoms with Crippen LogP contribution in [0.15, 0.2) is 72.8 Å². The number of carbonyl (C=O) groups excluding carboxylic acids is 3. The molecule has 2 N–H and O–H groups in total. The maximum Gasteiger partial charge on any atom is 0.259 e. The number of hydrogen-bond donors (Lipinski definition) is 2. The number of ether oxygens (including phenoxy) is 1. The number of anilines is 2. The highest BCUT2D eigenvalue weighted by Crippen LogP contribution is 2.29. The van der Waals surface area contributed by atoms with Crippen molar-refractivity contribution in [2.24, 2.45) is 0 Å². The molecule has 0 saturated carbocycles. The van der Waals surface area contributed by atoms with Crippen LogP contribution in [0.3, 0.4) is 0 Å². The summed E-state index contributed by atoms with van der Waals surface area (Å²) in [4.78, 5) is 43.8. The molecule has 1 heterocycles. The molecular formula is C32H38N4O5. The zero-order valence-corrected chi connectivity index (χ0v) is 23.7. The fourth-order valence-corrected chi connectivity index (χ4v) is 4.67. The molecule has 1 aliphatic heterocycles. The Morgan fingerprint density at radius 3 is 2.29 bits per heavy atom. The maximum absolute atomic E-state index is 13.2. The van der Waals surface area contributed by atoms with E-state index in [9.17, 15) is 19.5 Å². The Balaban J connectivity index is 1.25. The van der Waals surface area contributed by atoms with Crippen LogP contribution in [0.4, 0.5) is 11.4 Å². The van der Waals surface area contributed by atoms with Crippen LogP contribution in [0.25, 0.3) is 0 Å². The van der Waals surface area contributed by atoms with Gasteiger partial charge in [0.25, 0.3) is 11.8 Å². The molecule has 216 valence electrons. The van der Waals surface area contributed by atoms with Gasteiger partial charge in [0.1, 0.15) is 11.5 Å². The van der Waals surface area contributed by atoms with Gasteiger partial charge in [0, 0.05) is 50.9 Å². The molecular weight excluding hydrogens is 520 g/mol. The number of nitrogens with one attached hydrogen (secondary N) is 1. The van der Waals surface area contributed by atoms with Crippen molar-refractivity contribution in [3.05, 3.63) is 83.9 Å². The molecule has 4 rings (SSSR count). The Hall–Kier alpha value is -4.37. The molecule has 0 spiro atoms. The second kappa shape index (κ2) is 14.3. The highest BCUT2D eigenvalue weighted by molar-refractivity contribution is 6.08. The minimum atomic E-state index is -0.438. The summed E-state index contributed by atoms with van der Waals surface area (Å²) in [6.45, 7) is 3.97. The molecule has 41 heavy (non-hydrogen) atoms. The van der Waals surface area contributed by atoms with Crippen molar-refractivity contribution < 1.29 is 24.2 Å². The number of carbonyl (C=O) groups is 3. The van der Waals surface area contributed by atoms with Crippen molar-refractivity contribution in [1.29, 1.82) is 0 Å². The first-order chi connectivity index (χ1) is 19.8. The lowest BCUT2D eigenvalue weighted by molar-refractivity contribution is -0.132. The Kier molecular flexibility index (Phi) is 10.3. The number of amides is 3. The predicted octanol–water partition coefficient (Wildman–Crippen LogP) is 4.63. The van der Waals surface area contributed by atoms with Crippen LogP contribution >= 0.6 is 0 Å². The summed E-state index contributed by atoms with van der Waals surface area (Å²) in [5.41, 5.74) is 1.78. The quantitative estimate of drug-likeness (QED) is 0.333.